The van der Waals surface area contributed by atoms with E-state index in [2.05, 4.69) is 11.6 Å². The second-order valence-electron chi connectivity index (χ2n) is 5.97. The molecule has 6 heteroatoms. The quantitative estimate of drug-likeness (QED) is 0.630. The largest absolute Gasteiger partial charge is 0.486 e. The van der Waals surface area contributed by atoms with Crippen LogP contribution in [0.25, 0.3) is 11.8 Å². The van der Waals surface area contributed by atoms with Gasteiger partial charge in [-0.1, -0.05) is 48.7 Å². The molecule has 0 spiro atoms. The van der Waals surface area contributed by atoms with E-state index in [0.29, 0.717) is 35.5 Å². The number of hydrogen-bond donors (Lipinski definition) is 0. The maximum Gasteiger partial charge on any atom is 0.287 e. The van der Waals surface area contributed by atoms with E-state index in [9.17, 15) is 4.79 Å². The second kappa shape index (κ2) is 7.72. The third-order valence-corrected chi connectivity index (χ3v) is 5.24. The zero-order valence-electron chi connectivity index (χ0n) is 14.6. The molecule has 136 valence electrons. The lowest BCUT2D eigenvalue weighted by atomic mass is 10.1. The first-order chi connectivity index (χ1) is 13.2. The summed E-state index contributed by atoms with van der Waals surface area (Å²) in [5.74, 6) is 2.02. The molecule has 3 aromatic rings. The SMILES string of the molecule is C=Cc1ccc(CSc2nccn(-c3ccc4c(c3)OCCO4)c2=O)cc1. The van der Waals surface area contributed by atoms with Crippen molar-refractivity contribution in [3.63, 3.8) is 0 Å². The number of nitrogens with zero attached hydrogens (tertiary/aromatic N) is 2. The molecule has 0 amide bonds. The van der Waals surface area contributed by atoms with Crippen LogP contribution in [0.4, 0.5) is 0 Å². The molecule has 2 aromatic carbocycles. The molecule has 0 saturated heterocycles. The molecular weight excluding hydrogens is 360 g/mol. The highest BCUT2D eigenvalue weighted by atomic mass is 32.2. The first-order valence-corrected chi connectivity index (χ1v) is 9.55. The molecular formula is C21H18N2O3S. The molecule has 0 saturated carbocycles. The van der Waals surface area contributed by atoms with Crippen LogP contribution in [-0.4, -0.2) is 22.8 Å². The van der Waals surface area contributed by atoms with Crippen LogP contribution in [0, 0.1) is 0 Å². The lowest BCUT2D eigenvalue weighted by Crippen LogP contribution is -2.21. The van der Waals surface area contributed by atoms with Gasteiger partial charge in [0, 0.05) is 24.2 Å². The van der Waals surface area contributed by atoms with Crippen LogP contribution in [0.3, 0.4) is 0 Å². The molecule has 2 heterocycles. The first kappa shape index (κ1) is 17.4. The molecule has 0 radical (unpaired) electrons. The minimum Gasteiger partial charge on any atom is -0.486 e. The van der Waals surface area contributed by atoms with E-state index in [1.165, 1.54) is 11.8 Å². The molecule has 0 bridgehead atoms. The van der Waals surface area contributed by atoms with Crippen molar-refractivity contribution in [1.29, 1.82) is 0 Å². The molecule has 1 aliphatic heterocycles. The third kappa shape index (κ3) is 3.75. The number of rotatable bonds is 5. The van der Waals surface area contributed by atoms with Gasteiger partial charge >= 0.3 is 0 Å². The lowest BCUT2D eigenvalue weighted by Gasteiger charge is -2.19. The van der Waals surface area contributed by atoms with E-state index in [4.69, 9.17) is 9.47 Å². The minimum absolute atomic E-state index is 0.151. The van der Waals surface area contributed by atoms with E-state index in [-0.39, 0.29) is 5.56 Å². The standard InChI is InChI=1S/C21H18N2O3S/c1-2-15-3-5-16(6-4-15)14-27-20-21(24)23(10-9-22-20)17-7-8-18-19(13-17)26-12-11-25-18/h2-10,13H,1,11-12,14H2. The summed E-state index contributed by atoms with van der Waals surface area (Å²) in [6, 6.07) is 13.6. The van der Waals surface area contributed by atoms with Gasteiger partial charge in [0.2, 0.25) is 0 Å². The lowest BCUT2D eigenvalue weighted by molar-refractivity contribution is 0.171. The average Bonchev–Trinajstić information content (AvgIpc) is 2.73. The Morgan fingerprint density at radius 3 is 2.67 bits per heavy atom. The molecule has 0 fully saturated rings. The topological polar surface area (TPSA) is 53.4 Å². The zero-order chi connectivity index (χ0) is 18.6. The van der Waals surface area contributed by atoms with Gasteiger partial charge in [-0.3, -0.25) is 9.36 Å². The Kier molecular flexibility index (Phi) is 4.98. The predicted octanol–water partition coefficient (Wildman–Crippen LogP) is 3.94. The van der Waals surface area contributed by atoms with E-state index in [1.54, 1.807) is 17.0 Å². The molecule has 0 N–H and O–H groups in total. The Hall–Kier alpha value is -2.99. The van der Waals surface area contributed by atoms with Crippen molar-refractivity contribution in [2.24, 2.45) is 0 Å². The predicted molar refractivity (Wildman–Crippen MR) is 107 cm³/mol. The fourth-order valence-electron chi connectivity index (χ4n) is 2.78. The maximum atomic E-state index is 12.9. The summed E-state index contributed by atoms with van der Waals surface area (Å²) in [7, 11) is 0. The summed E-state index contributed by atoms with van der Waals surface area (Å²) in [4.78, 5) is 17.1. The monoisotopic (exact) mass is 378 g/mol. The number of fused-ring (bicyclic) bond motifs is 1. The van der Waals surface area contributed by atoms with Gasteiger partial charge in [0.25, 0.3) is 5.56 Å². The Morgan fingerprint density at radius 1 is 1.11 bits per heavy atom. The number of benzene rings is 2. The summed E-state index contributed by atoms with van der Waals surface area (Å²) < 4.78 is 12.7. The highest BCUT2D eigenvalue weighted by Gasteiger charge is 2.14. The van der Waals surface area contributed by atoms with Crippen molar-refractivity contribution in [3.8, 4) is 17.2 Å². The van der Waals surface area contributed by atoms with Gasteiger partial charge in [0.15, 0.2) is 16.5 Å². The van der Waals surface area contributed by atoms with Crippen LogP contribution in [0.1, 0.15) is 11.1 Å². The second-order valence-corrected chi connectivity index (χ2v) is 6.93. The molecule has 4 rings (SSSR count). The highest BCUT2D eigenvalue weighted by Crippen LogP contribution is 2.31. The van der Waals surface area contributed by atoms with Gasteiger partial charge < -0.3 is 9.47 Å². The fourth-order valence-corrected chi connectivity index (χ4v) is 3.63. The molecule has 1 aromatic heterocycles. The number of hydrogen-bond acceptors (Lipinski definition) is 5. The Bertz CT molecular complexity index is 1030. The number of ether oxygens (including phenoxy) is 2. The molecule has 27 heavy (non-hydrogen) atoms. The summed E-state index contributed by atoms with van der Waals surface area (Å²) in [5, 5.41) is 0.459. The zero-order valence-corrected chi connectivity index (χ0v) is 15.4. The van der Waals surface area contributed by atoms with Crippen molar-refractivity contribution >= 4 is 17.8 Å². The van der Waals surface area contributed by atoms with Gasteiger partial charge in [0.1, 0.15) is 13.2 Å². The summed E-state index contributed by atoms with van der Waals surface area (Å²) in [5.41, 5.74) is 2.77. The fraction of sp³-hybridized carbons (Fsp3) is 0.143. The van der Waals surface area contributed by atoms with Gasteiger partial charge in [-0.05, 0) is 23.3 Å². The maximum absolute atomic E-state index is 12.9. The Labute approximate surface area is 161 Å². The van der Waals surface area contributed by atoms with Crippen molar-refractivity contribution in [2.45, 2.75) is 10.8 Å². The molecule has 0 atom stereocenters. The van der Waals surface area contributed by atoms with Crippen molar-refractivity contribution < 1.29 is 9.47 Å². The third-order valence-electron chi connectivity index (χ3n) is 4.20. The first-order valence-electron chi connectivity index (χ1n) is 8.56. The summed E-state index contributed by atoms with van der Waals surface area (Å²) in [6.45, 7) is 4.80. The van der Waals surface area contributed by atoms with Crippen LogP contribution < -0.4 is 15.0 Å². The number of thioether (sulfide) groups is 1. The molecule has 0 aliphatic carbocycles. The highest BCUT2D eigenvalue weighted by molar-refractivity contribution is 7.98. The Morgan fingerprint density at radius 2 is 1.89 bits per heavy atom. The molecule has 5 nitrogen and oxygen atoms in total. The molecule has 0 unspecified atom stereocenters. The smallest absolute Gasteiger partial charge is 0.287 e. The van der Waals surface area contributed by atoms with Crippen molar-refractivity contribution in [3.05, 3.63) is 82.9 Å². The van der Waals surface area contributed by atoms with E-state index in [1.807, 2.05) is 48.5 Å². The van der Waals surface area contributed by atoms with Crippen LogP contribution in [0.5, 0.6) is 11.5 Å². The van der Waals surface area contributed by atoms with Gasteiger partial charge in [-0.25, -0.2) is 4.98 Å². The van der Waals surface area contributed by atoms with Crippen LogP contribution in [0.2, 0.25) is 0 Å². The summed E-state index contributed by atoms with van der Waals surface area (Å²) in [6.07, 6.45) is 5.11. The van der Waals surface area contributed by atoms with Crippen LogP contribution in [-0.2, 0) is 5.75 Å². The minimum atomic E-state index is -0.151. The number of aromatic nitrogens is 2. The van der Waals surface area contributed by atoms with E-state index < -0.39 is 0 Å². The van der Waals surface area contributed by atoms with E-state index >= 15 is 0 Å². The molecule has 1 aliphatic rings. The van der Waals surface area contributed by atoms with E-state index in [0.717, 1.165) is 16.8 Å². The van der Waals surface area contributed by atoms with Gasteiger partial charge in [0.05, 0.1) is 5.69 Å². The average molecular weight is 378 g/mol. The summed E-state index contributed by atoms with van der Waals surface area (Å²) >= 11 is 1.42. The van der Waals surface area contributed by atoms with Crippen LogP contribution in [0.15, 0.2) is 71.3 Å². The van der Waals surface area contributed by atoms with Crippen molar-refractivity contribution in [1.82, 2.24) is 9.55 Å². The van der Waals surface area contributed by atoms with Gasteiger partial charge in [-0.15, -0.1) is 0 Å². The Balaban J connectivity index is 1.57. The van der Waals surface area contributed by atoms with Crippen LogP contribution >= 0.6 is 11.8 Å². The van der Waals surface area contributed by atoms with Crippen molar-refractivity contribution in [2.75, 3.05) is 13.2 Å². The van der Waals surface area contributed by atoms with Gasteiger partial charge in [-0.2, -0.15) is 0 Å². The normalized spacial score (nSPS) is 12.6.